The Kier molecular flexibility index (Phi) is 4.70. The molecular formula is C13H16BrNO2S. The number of thioether (sulfide) groups is 1. The van der Waals surface area contributed by atoms with Crippen molar-refractivity contribution in [2.45, 2.75) is 17.7 Å². The number of halogens is 1. The van der Waals surface area contributed by atoms with E-state index in [2.05, 4.69) is 21.2 Å². The average Bonchev–Trinajstić information content (AvgIpc) is 3.15. The van der Waals surface area contributed by atoms with Crippen molar-refractivity contribution in [2.24, 2.45) is 5.41 Å². The summed E-state index contributed by atoms with van der Waals surface area (Å²) in [5.74, 6) is 0.442. The molecule has 0 aliphatic heterocycles. The molecule has 1 aliphatic carbocycles. The Labute approximate surface area is 119 Å². The third-order valence-corrected chi connectivity index (χ3v) is 4.61. The summed E-state index contributed by atoms with van der Waals surface area (Å²) < 4.78 is 1.02. The number of rotatable bonds is 6. The van der Waals surface area contributed by atoms with Gasteiger partial charge in [-0.1, -0.05) is 22.0 Å². The summed E-state index contributed by atoms with van der Waals surface area (Å²) in [7, 11) is 0. The molecule has 3 nitrogen and oxygen atoms in total. The van der Waals surface area contributed by atoms with Crippen LogP contribution in [0.5, 0.6) is 0 Å². The molecule has 0 atom stereocenters. The van der Waals surface area contributed by atoms with Crippen LogP contribution in [0.2, 0.25) is 0 Å². The zero-order valence-corrected chi connectivity index (χ0v) is 12.4. The van der Waals surface area contributed by atoms with E-state index < -0.39 is 0 Å². The molecule has 0 saturated heterocycles. The summed E-state index contributed by atoms with van der Waals surface area (Å²) in [6.07, 6.45) is 2.03. The van der Waals surface area contributed by atoms with E-state index in [9.17, 15) is 4.79 Å². The van der Waals surface area contributed by atoms with Gasteiger partial charge in [-0.15, -0.1) is 11.8 Å². The van der Waals surface area contributed by atoms with Crippen LogP contribution in [0.4, 0.5) is 0 Å². The second-order valence-corrected chi connectivity index (χ2v) is 6.65. The highest BCUT2D eigenvalue weighted by atomic mass is 79.9. The fourth-order valence-corrected chi connectivity index (χ4v) is 2.95. The quantitative estimate of drug-likeness (QED) is 0.788. The maximum atomic E-state index is 11.7. The Morgan fingerprint density at radius 2 is 2.28 bits per heavy atom. The topological polar surface area (TPSA) is 49.3 Å². The predicted octanol–water partition coefficient (Wildman–Crippen LogP) is 2.43. The van der Waals surface area contributed by atoms with Gasteiger partial charge in [-0.2, -0.15) is 0 Å². The number of hydrogen-bond donors (Lipinski definition) is 2. The monoisotopic (exact) mass is 329 g/mol. The van der Waals surface area contributed by atoms with Gasteiger partial charge in [-0.05, 0) is 31.0 Å². The molecule has 18 heavy (non-hydrogen) atoms. The molecule has 2 rings (SSSR count). The van der Waals surface area contributed by atoms with Gasteiger partial charge in [0.15, 0.2) is 0 Å². The van der Waals surface area contributed by atoms with Crippen molar-refractivity contribution in [3.63, 3.8) is 0 Å². The molecule has 5 heteroatoms. The minimum absolute atomic E-state index is 0.0178. The van der Waals surface area contributed by atoms with Crippen molar-refractivity contribution < 1.29 is 9.90 Å². The molecule has 1 saturated carbocycles. The summed E-state index contributed by atoms with van der Waals surface area (Å²) in [6.45, 7) is 0.771. The van der Waals surface area contributed by atoms with Crippen LogP contribution in [0.3, 0.4) is 0 Å². The molecule has 0 aromatic heterocycles. The number of carbonyl (C=O) groups excluding carboxylic acids is 1. The van der Waals surface area contributed by atoms with Crippen LogP contribution in [0.1, 0.15) is 12.8 Å². The van der Waals surface area contributed by atoms with Gasteiger partial charge >= 0.3 is 0 Å². The Morgan fingerprint density at radius 3 is 2.89 bits per heavy atom. The first-order chi connectivity index (χ1) is 8.63. The van der Waals surface area contributed by atoms with Gasteiger partial charge in [0.25, 0.3) is 0 Å². The van der Waals surface area contributed by atoms with Crippen LogP contribution >= 0.6 is 27.7 Å². The van der Waals surface area contributed by atoms with Crippen LogP contribution in [0.15, 0.2) is 33.6 Å². The normalized spacial score (nSPS) is 16.3. The maximum Gasteiger partial charge on any atom is 0.230 e. The van der Waals surface area contributed by atoms with Crippen LogP contribution in [0.25, 0.3) is 0 Å². The lowest BCUT2D eigenvalue weighted by Crippen LogP contribution is -2.32. The number of benzene rings is 1. The van der Waals surface area contributed by atoms with E-state index in [-0.39, 0.29) is 17.9 Å². The van der Waals surface area contributed by atoms with Crippen LogP contribution in [-0.2, 0) is 4.79 Å². The first-order valence-electron chi connectivity index (χ1n) is 5.89. The van der Waals surface area contributed by atoms with E-state index >= 15 is 0 Å². The average molecular weight is 330 g/mol. The summed E-state index contributed by atoms with van der Waals surface area (Å²) in [4.78, 5) is 12.7. The Hall–Kier alpha value is -0.520. The number of carbonyl (C=O) groups is 1. The summed E-state index contributed by atoms with van der Waals surface area (Å²) in [6, 6.07) is 7.89. The zero-order valence-electron chi connectivity index (χ0n) is 9.99. The van der Waals surface area contributed by atoms with Crippen molar-refractivity contribution in [3.05, 3.63) is 28.7 Å². The third kappa shape index (κ3) is 4.00. The van der Waals surface area contributed by atoms with Gasteiger partial charge in [-0.25, -0.2) is 0 Å². The van der Waals surface area contributed by atoms with Crippen LogP contribution in [0, 0.1) is 5.41 Å². The predicted molar refractivity (Wildman–Crippen MR) is 76.6 cm³/mol. The summed E-state index contributed by atoms with van der Waals surface area (Å²) >= 11 is 4.92. The highest BCUT2D eigenvalue weighted by molar-refractivity contribution is 9.10. The Balaban J connectivity index is 1.72. The lowest BCUT2D eigenvalue weighted by atomic mass is 10.1. The smallest absolute Gasteiger partial charge is 0.230 e. The number of amides is 1. The second-order valence-electron chi connectivity index (χ2n) is 4.68. The minimum atomic E-state index is -0.0178. The molecule has 0 heterocycles. The minimum Gasteiger partial charge on any atom is -0.396 e. The second kappa shape index (κ2) is 6.08. The zero-order chi connectivity index (χ0) is 13.0. The van der Waals surface area contributed by atoms with E-state index in [4.69, 9.17) is 5.11 Å². The number of aliphatic hydroxyl groups excluding tert-OH is 1. The van der Waals surface area contributed by atoms with E-state index in [1.807, 2.05) is 24.3 Å². The highest BCUT2D eigenvalue weighted by Gasteiger charge is 2.41. The van der Waals surface area contributed by atoms with E-state index in [1.165, 1.54) is 11.8 Å². The van der Waals surface area contributed by atoms with Crippen LogP contribution < -0.4 is 5.32 Å². The van der Waals surface area contributed by atoms with Gasteiger partial charge < -0.3 is 10.4 Å². The fourth-order valence-electron chi connectivity index (χ4n) is 1.61. The largest absolute Gasteiger partial charge is 0.396 e. The van der Waals surface area contributed by atoms with Crippen molar-refractivity contribution in [2.75, 3.05) is 18.9 Å². The van der Waals surface area contributed by atoms with Gasteiger partial charge in [0, 0.05) is 21.3 Å². The lowest BCUT2D eigenvalue weighted by Gasteiger charge is -2.12. The van der Waals surface area contributed by atoms with Gasteiger partial charge in [0.2, 0.25) is 5.91 Å². The molecule has 0 bridgehead atoms. The molecule has 1 aromatic rings. The molecule has 0 spiro atoms. The summed E-state index contributed by atoms with van der Waals surface area (Å²) in [5.41, 5.74) is -0.0178. The van der Waals surface area contributed by atoms with E-state index in [1.54, 1.807) is 0 Å². The first-order valence-corrected chi connectivity index (χ1v) is 7.67. The standard InChI is InChI=1S/C13H16BrNO2S/c14-10-2-1-3-11(6-10)18-7-12(17)15-8-13(9-16)4-5-13/h1-3,6,16H,4-5,7-9H2,(H,15,17). The fraction of sp³-hybridized carbons (Fsp3) is 0.462. The molecule has 1 aromatic carbocycles. The van der Waals surface area contributed by atoms with E-state index in [0.29, 0.717) is 12.3 Å². The van der Waals surface area contributed by atoms with E-state index in [0.717, 1.165) is 22.2 Å². The summed E-state index contributed by atoms with van der Waals surface area (Å²) in [5, 5.41) is 12.0. The number of hydrogen-bond acceptors (Lipinski definition) is 3. The SMILES string of the molecule is O=C(CSc1cccc(Br)c1)NCC1(CO)CC1. The third-order valence-electron chi connectivity index (χ3n) is 3.12. The van der Waals surface area contributed by atoms with Crippen molar-refractivity contribution in [1.29, 1.82) is 0 Å². The number of aliphatic hydroxyl groups is 1. The van der Waals surface area contributed by atoms with Crippen molar-refractivity contribution in [3.8, 4) is 0 Å². The molecule has 1 aliphatic rings. The molecule has 1 fully saturated rings. The van der Waals surface area contributed by atoms with Crippen molar-refractivity contribution in [1.82, 2.24) is 5.32 Å². The van der Waals surface area contributed by atoms with Crippen molar-refractivity contribution >= 4 is 33.6 Å². The first kappa shape index (κ1) is 13.9. The van der Waals surface area contributed by atoms with Gasteiger partial charge in [0.05, 0.1) is 12.4 Å². The molecule has 2 N–H and O–H groups in total. The molecular weight excluding hydrogens is 314 g/mol. The highest BCUT2D eigenvalue weighted by Crippen LogP contribution is 2.44. The molecule has 0 radical (unpaired) electrons. The van der Waals surface area contributed by atoms with Gasteiger partial charge in [-0.3, -0.25) is 4.79 Å². The maximum absolute atomic E-state index is 11.7. The molecule has 1 amide bonds. The molecule has 0 unspecified atom stereocenters. The Morgan fingerprint density at radius 1 is 1.50 bits per heavy atom. The van der Waals surface area contributed by atoms with Crippen LogP contribution in [-0.4, -0.2) is 29.9 Å². The Bertz CT molecular complexity index is 435. The van der Waals surface area contributed by atoms with Gasteiger partial charge in [0.1, 0.15) is 0 Å². The number of nitrogens with one attached hydrogen (secondary N) is 1. The molecule has 98 valence electrons. The lowest BCUT2D eigenvalue weighted by molar-refractivity contribution is -0.118.